The topological polar surface area (TPSA) is 120 Å². The second-order valence-electron chi connectivity index (χ2n) is 4.42. The Kier molecular flexibility index (Phi) is 5.19. The molecular formula is C10H16N4O4S. The average molecular weight is 288 g/mol. The average Bonchev–Trinajstić information content (AvgIpc) is 2.72. The molecule has 0 aromatic carbocycles. The fourth-order valence-corrected chi connectivity index (χ4v) is 1.56. The highest BCUT2D eigenvalue weighted by Crippen LogP contribution is 2.17. The van der Waals surface area contributed by atoms with Gasteiger partial charge in [-0.3, -0.25) is 0 Å². The summed E-state index contributed by atoms with van der Waals surface area (Å²) in [5.74, 6) is -0.0920. The Bertz CT molecular complexity index is 466. The number of rotatable bonds is 4. The van der Waals surface area contributed by atoms with E-state index in [9.17, 15) is 4.79 Å². The summed E-state index contributed by atoms with van der Waals surface area (Å²) in [4.78, 5) is 15.0. The monoisotopic (exact) mass is 288 g/mol. The van der Waals surface area contributed by atoms with Crippen LogP contribution in [0.4, 0.5) is 4.79 Å². The van der Waals surface area contributed by atoms with Crippen molar-refractivity contribution in [3.63, 3.8) is 0 Å². The molecule has 9 heteroatoms. The van der Waals surface area contributed by atoms with E-state index < -0.39 is 11.7 Å². The minimum absolute atomic E-state index is 0.0920. The summed E-state index contributed by atoms with van der Waals surface area (Å²) < 4.78 is 10.0. The van der Waals surface area contributed by atoms with Crippen LogP contribution in [0.3, 0.4) is 0 Å². The molecule has 0 radical (unpaired) electrons. The van der Waals surface area contributed by atoms with Gasteiger partial charge in [0.05, 0.1) is 6.61 Å². The SMILES string of the molecule is CC(C)(C)OC(=O)N=C(N)c1nnc(OCCO)s1. The van der Waals surface area contributed by atoms with Crippen molar-refractivity contribution in [2.24, 2.45) is 10.7 Å². The Morgan fingerprint density at radius 1 is 1.47 bits per heavy atom. The third-order valence-corrected chi connectivity index (χ3v) is 2.41. The van der Waals surface area contributed by atoms with Crippen molar-refractivity contribution in [1.29, 1.82) is 0 Å². The highest BCUT2D eigenvalue weighted by Gasteiger charge is 2.17. The number of aliphatic hydroxyl groups excluding tert-OH is 1. The first-order valence-electron chi connectivity index (χ1n) is 5.46. The molecule has 1 rings (SSSR count). The minimum Gasteiger partial charge on any atom is -0.466 e. The third kappa shape index (κ3) is 5.62. The fraction of sp³-hybridized carbons (Fsp3) is 0.600. The van der Waals surface area contributed by atoms with Gasteiger partial charge in [0.1, 0.15) is 12.2 Å². The summed E-state index contributed by atoms with van der Waals surface area (Å²) >= 11 is 1.02. The van der Waals surface area contributed by atoms with E-state index >= 15 is 0 Å². The van der Waals surface area contributed by atoms with Gasteiger partial charge >= 0.3 is 6.09 Å². The van der Waals surface area contributed by atoms with Gasteiger partial charge in [-0.05, 0) is 20.8 Å². The zero-order valence-electron chi connectivity index (χ0n) is 10.9. The Balaban J connectivity index is 2.68. The number of aromatic nitrogens is 2. The predicted molar refractivity (Wildman–Crippen MR) is 69.4 cm³/mol. The normalized spacial score (nSPS) is 12.3. The first kappa shape index (κ1) is 15.3. The zero-order chi connectivity index (χ0) is 14.5. The maximum absolute atomic E-state index is 11.4. The maximum atomic E-state index is 11.4. The lowest BCUT2D eigenvalue weighted by molar-refractivity contribution is 0.0604. The standard InChI is InChI=1S/C10H16N4O4S/c1-10(2,3)18-8(16)12-6(11)7-13-14-9(19-7)17-5-4-15/h15H,4-5H2,1-3H3,(H2,11,12,16). The van der Waals surface area contributed by atoms with Gasteiger partial charge in [0.2, 0.25) is 0 Å². The number of nitrogens with zero attached hydrogens (tertiary/aromatic N) is 3. The number of hydrogen-bond donors (Lipinski definition) is 2. The molecule has 1 heterocycles. The van der Waals surface area contributed by atoms with Crippen molar-refractivity contribution in [2.45, 2.75) is 26.4 Å². The van der Waals surface area contributed by atoms with E-state index in [-0.39, 0.29) is 29.3 Å². The van der Waals surface area contributed by atoms with Crippen LogP contribution in [0.25, 0.3) is 0 Å². The number of hydrogen-bond acceptors (Lipinski definition) is 7. The lowest BCUT2D eigenvalue weighted by Crippen LogP contribution is -2.24. The molecule has 106 valence electrons. The van der Waals surface area contributed by atoms with Crippen LogP contribution in [0, 0.1) is 0 Å². The van der Waals surface area contributed by atoms with Crippen LogP contribution in [-0.2, 0) is 4.74 Å². The Hall–Kier alpha value is -1.74. The molecule has 0 aliphatic heterocycles. The van der Waals surface area contributed by atoms with Crippen LogP contribution in [0.2, 0.25) is 0 Å². The quantitative estimate of drug-likeness (QED) is 0.613. The number of carbonyl (C=O) groups excluding carboxylic acids is 1. The van der Waals surface area contributed by atoms with E-state index in [0.717, 1.165) is 11.3 Å². The molecule has 0 bridgehead atoms. The van der Waals surface area contributed by atoms with E-state index in [1.165, 1.54) is 0 Å². The first-order valence-corrected chi connectivity index (χ1v) is 6.28. The van der Waals surface area contributed by atoms with Crippen molar-refractivity contribution in [1.82, 2.24) is 10.2 Å². The molecule has 0 aliphatic rings. The molecule has 1 aromatic heterocycles. The van der Waals surface area contributed by atoms with E-state index in [1.807, 2.05) is 0 Å². The van der Waals surface area contributed by atoms with Gasteiger partial charge in [0, 0.05) is 0 Å². The number of carbonyl (C=O) groups is 1. The molecule has 0 spiro atoms. The largest absolute Gasteiger partial charge is 0.466 e. The first-order chi connectivity index (χ1) is 8.81. The molecule has 1 amide bonds. The smallest absolute Gasteiger partial charge is 0.436 e. The highest BCUT2D eigenvalue weighted by molar-refractivity contribution is 7.15. The minimum atomic E-state index is -0.793. The second kappa shape index (κ2) is 6.43. The van der Waals surface area contributed by atoms with Crippen LogP contribution in [-0.4, -0.2) is 46.0 Å². The van der Waals surface area contributed by atoms with Crippen molar-refractivity contribution >= 4 is 23.3 Å². The van der Waals surface area contributed by atoms with Crippen LogP contribution in [0.15, 0.2) is 4.99 Å². The lowest BCUT2D eigenvalue weighted by atomic mass is 10.2. The summed E-state index contributed by atoms with van der Waals surface area (Å²) in [6.45, 7) is 5.15. The summed E-state index contributed by atoms with van der Waals surface area (Å²) in [6, 6.07) is 0. The van der Waals surface area contributed by atoms with E-state index in [4.69, 9.17) is 20.3 Å². The van der Waals surface area contributed by atoms with Gasteiger partial charge in [-0.1, -0.05) is 16.4 Å². The summed E-state index contributed by atoms with van der Waals surface area (Å²) in [5.41, 5.74) is 4.97. The number of amides is 1. The van der Waals surface area contributed by atoms with Crippen LogP contribution in [0.5, 0.6) is 5.19 Å². The number of amidine groups is 1. The Labute approximate surface area is 114 Å². The van der Waals surface area contributed by atoms with Crippen LogP contribution < -0.4 is 10.5 Å². The molecule has 3 N–H and O–H groups in total. The molecule has 0 fully saturated rings. The third-order valence-electron chi connectivity index (χ3n) is 1.55. The van der Waals surface area contributed by atoms with E-state index in [2.05, 4.69) is 15.2 Å². The van der Waals surface area contributed by atoms with Crippen LogP contribution >= 0.6 is 11.3 Å². The van der Waals surface area contributed by atoms with Gasteiger partial charge in [0.25, 0.3) is 5.19 Å². The van der Waals surface area contributed by atoms with Gasteiger partial charge < -0.3 is 20.3 Å². The molecular weight excluding hydrogens is 272 g/mol. The maximum Gasteiger partial charge on any atom is 0.436 e. The molecule has 1 aromatic rings. The van der Waals surface area contributed by atoms with Crippen molar-refractivity contribution in [3.05, 3.63) is 5.01 Å². The van der Waals surface area contributed by atoms with E-state index in [1.54, 1.807) is 20.8 Å². The molecule has 0 unspecified atom stereocenters. The van der Waals surface area contributed by atoms with Gasteiger partial charge in [-0.2, -0.15) is 4.99 Å². The molecule has 0 atom stereocenters. The molecule has 19 heavy (non-hydrogen) atoms. The van der Waals surface area contributed by atoms with Gasteiger partial charge in [0.15, 0.2) is 10.8 Å². The van der Waals surface area contributed by atoms with Gasteiger partial charge in [-0.15, -0.1) is 5.10 Å². The molecule has 8 nitrogen and oxygen atoms in total. The second-order valence-corrected chi connectivity index (χ2v) is 5.36. The Morgan fingerprint density at radius 2 is 2.16 bits per heavy atom. The zero-order valence-corrected chi connectivity index (χ0v) is 11.7. The predicted octanol–water partition coefficient (Wildman–Crippen LogP) is 0.550. The van der Waals surface area contributed by atoms with Crippen molar-refractivity contribution < 1.29 is 19.4 Å². The van der Waals surface area contributed by atoms with Crippen molar-refractivity contribution in [2.75, 3.05) is 13.2 Å². The fourth-order valence-electron chi connectivity index (χ4n) is 0.935. The Morgan fingerprint density at radius 3 is 2.74 bits per heavy atom. The van der Waals surface area contributed by atoms with Gasteiger partial charge in [-0.25, -0.2) is 4.79 Å². The highest BCUT2D eigenvalue weighted by atomic mass is 32.1. The van der Waals surface area contributed by atoms with E-state index in [0.29, 0.717) is 0 Å². The lowest BCUT2D eigenvalue weighted by Gasteiger charge is -2.17. The number of aliphatic imine (C=N–C) groups is 1. The summed E-state index contributed by atoms with van der Waals surface area (Å²) in [7, 11) is 0. The number of nitrogens with two attached hydrogens (primary N) is 1. The molecule has 0 aliphatic carbocycles. The summed E-state index contributed by atoms with van der Waals surface area (Å²) in [6.07, 6.45) is -0.793. The number of aliphatic hydroxyl groups is 1. The molecule has 0 saturated heterocycles. The number of ether oxygens (including phenoxy) is 2. The molecule has 0 saturated carbocycles. The van der Waals surface area contributed by atoms with Crippen LogP contribution in [0.1, 0.15) is 25.8 Å². The summed E-state index contributed by atoms with van der Waals surface area (Å²) in [5, 5.41) is 16.5. The van der Waals surface area contributed by atoms with Crippen molar-refractivity contribution in [3.8, 4) is 5.19 Å².